The van der Waals surface area contributed by atoms with Gasteiger partial charge in [-0.1, -0.05) is 37.3 Å². The molecule has 1 amide bonds. The molecule has 1 atom stereocenters. The van der Waals surface area contributed by atoms with E-state index in [4.69, 9.17) is 4.74 Å². The molecule has 0 saturated heterocycles. The fourth-order valence-electron chi connectivity index (χ4n) is 3.63. The number of aliphatic hydroxyl groups is 1. The Balaban J connectivity index is 2.03. The Kier molecular flexibility index (Phi) is 6.67. The summed E-state index contributed by atoms with van der Waals surface area (Å²) in [4.78, 5) is 19.7. The van der Waals surface area contributed by atoms with Gasteiger partial charge in [-0.15, -0.1) is 0 Å². The van der Waals surface area contributed by atoms with Crippen molar-refractivity contribution in [2.24, 2.45) is 0 Å². The van der Waals surface area contributed by atoms with Crippen LogP contribution in [0.3, 0.4) is 0 Å². The van der Waals surface area contributed by atoms with Crippen molar-refractivity contribution >= 4 is 22.6 Å². The minimum atomic E-state index is -0.778. The lowest BCUT2D eigenvalue weighted by Gasteiger charge is -2.27. The first-order valence-corrected chi connectivity index (χ1v) is 10.1. The summed E-state index contributed by atoms with van der Waals surface area (Å²) >= 11 is 0. The van der Waals surface area contributed by atoms with Gasteiger partial charge in [0, 0.05) is 6.61 Å². The normalized spacial score (nSPS) is 12.3. The Morgan fingerprint density at radius 2 is 1.97 bits per heavy atom. The number of para-hydroxylation sites is 3. The van der Waals surface area contributed by atoms with Gasteiger partial charge in [-0.25, -0.2) is 4.98 Å². The van der Waals surface area contributed by atoms with E-state index in [0.29, 0.717) is 12.4 Å². The molecule has 154 valence electrons. The number of fused-ring (bicyclic) bond motifs is 1. The number of carbonyl (C=O) groups excluding carboxylic acids is 1. The van der Waals surface area contributed by atoms with Crippen molar-refractivity contribution in [1.29, 1.82) is 0 Å². The van der Waals surface area contributed by atoms with Gasteiger partial charge in [0.2, 0.25) is 5.91 Å². The van der Waals surface area contributed by atoms with Gasteiger partial charge in [0.15, 0.2) is 0 Å². The number of imidazole rings is 1. The molecule has 0 saturated carbocycles. The number of anilines is 1. The SMILES string of the molecule is CCOCN(C(=O)Cn1c([C@@H](C)O)nc2ccccc21)c1c(C)cccc1CC. The van der Waals surface area contributed by atoms with Gasteiger partial charge in [-0.2, -0.15) is 0 Å². The Morgan fingerprint density at radius 1 is 1.21 bits per heavy atom. The van der Waals surface area contributed by atoms with Crippen LogP contribution in [-0.4, -0.2) is 33.9 Å². The maximum absolute atomic E-state index is 13.5. The van der Waals surface area contributed by atoms with Crippen LogP contribution in [-0.2, 0) is 22.5 Å². The lowest BCUT2D eigenvalue weighted by Crippen LogP contribution is -2.37. The number of amides is 1. The number of ether oxygens (including phenoxy) is 1. The summed E-state index contributed by atoms with van der Waals surface area (Å²) in [6.07, 6.45) is 0.0417. The standard InChI is InChI=1S/C23H29N3O3/c1-5-18-11-9-10-16(3)22(18)26(15-29-6-2)21(28)14-25-20-13-8-7-12-19(20)24-23(25)17(4)27/h7-13,17,27H,5-6,14-15H2,1-4H3/t17-/m1/s1. The third-order valence-electron chi connectivity index (χ3n) is 5.05. The van der Waals surface area contributed by atoms with Gasteiger partial charge in [0.05, 0.1) is 16.7 Å². The van der Waals surface area contributed by atoms with Crippen molar-refractivity contribution in [3.8, 4) is 0 Å². The highest BCUT2D eigenvalue weighted by Crippen LogP contribution is 2.27. The fraction of sp³-hybridized carbons (Fsp3) is 0.391. The molecule has 3 aromatic rings. The van der Waals surface area contributed by atoms with Crippen LogP contribution in [0.15, 0.2) is 42.5 Å². The van der Waals surface area contributed by atoms with E-state index in [1.165, 1.54) is 0 Å². The van der Waals surface area contributed by atoms with Crippen LogP contribution in [0.1, 0.15) is 43.8 Å². The summed E-state index contributed by atoms with van der Waals surface area (Å²) in [5.41, 5.74) is 4.62. The first kappa shape index (κ1) is 21.0. The van der Waals surface area contributed by atoms with Gasteiger partial charge in [-0.3, -0.25) is 9.69 Å². The van der Waals surface area contributed by atoms with Crippen LogP contribution in [0, 0.1) is 6.92 Å². The highest BCUT2D eigenvalue weighted by atomic mass is 16.5. The summed E-state index contributed by atoms with van der Waals surface area (Å²) in [5.74, 6) is 0.379. The number of rotatable bonds is 8. The zero-order chi connectivity index (χ0) is 21.0. The van der Waals surface area contributed by atoms with E-state index in [1.807, 2.05) is 56.3 Å². The molecule has 3 rings (SSSR count). The van der Waals surface area contributed by atoms with E-state index in [1.54, 1.807) is 16.4 Å². The third kappa shape index (κ3) is 4.33. The van der Waals surface area contributed by atoms with Crippen molar-refractivity contribution in [3.05, 3.63) is 59.4 Å². The Hall–Kier alpha value is -2.70. The molecule has 6 nitrogen and oxygen atoms in total. The molecule has 0 aliphatic heterocycles. The molecule has 0 aliphatic carbocycles. The number of aromatic nitrogens is 2. The predicted octanol–water partition coefficient (Wildman–Crippen LogP) is 3.99. The second kappa shape index (κ2) is 9.20. The van der Waals surface area contributed by atoms with Crippen molar-refractivity contribution in [1.82, 2.24) is 9.55 Å². The van der Waals surface area contributed by atoms with Gasteiger partial charge >= 0.3 is 0 Å². The summed E-state index contributed by atoms with van der Waals surface area (Å²) in [5, 5.41) is 10.2. The Labute approximate surface area is 171 Å². The third-order valence-corrected chi connectivity index (χ3v) is 5.05. The van der Waals surface area contributed by atoms with E-state index in [0.717, 1.165) is 34.3 Å². The number of hydrogen-bond acceptors (Lipinski definition) is 4. The summed E-state index contributed by atoms with van der Waals surface area (Å²) in [6, 6.07) is 13.7. The molecule has 1 aromatic heterocycles. The quantitative estimate of drug-likeness (QED) is 0.586. The minimum Gasteiger partial charge on any atom is -0.385 e. The smallest absolute Gasteiger partial charge is 0.248 e. The van der Waals surface area contributed by atoms with E-state index in [-0.39, 0.29) is 19.2 Å². The highest BCUT2D eigenvalue weighted by Gasteiger charge is 2.23. The fourth-order valence-corrected chi connectivity index (χ4v) is 3.63. The summed E-state index contributed by atoms with van der Waals surface area (Å²) < 4.78 is 7.44. The van der Waals surface area contributed by atoms with Crippen molar-refractivity contribution in [3.63, 3.8) is 0 Å². The maximum atomic E-state index is 13.5. The first-order valence-electron chi connectivity index (χ1n) is 10.1. The molecule has 0 bridgehead atoms. The van der Waals surface area contributed by atoms with E-state index in [9.17, 15) is 9.90 Å². The van der Waals surface area contributed by atoms with Crippen molar-refractivity contribution in [2.45, 2.75) is 46.8 Å². The van der Waals surface area contributed by atoms with Crippen LogP contribution in [0.2, 0.25) is 0 Å². The monoisotopic (exact) mass is 395 g/mol. The maximum Gasteiger partial charge on any atom is 0.248 e. The number of benzene rings is 2. The molecule has 0 aliphatic rings. The average Bonchev–Trinajstić information content (AvgIpc) is 3.08. The molecule has 29 heavy (non-hydrogen) atoms. The largest absolute Gasteiger partial charge is 0.385 e. The number of aryl methyl sites for hydroxylation is 2. The number of aliphatic hydroxyl groups excluding tert-OH is 1. The van der Waals surface area contributed by atoms with Crippen molar-refractivity contribution < 1.29 is 14.6 Å². The van der Waals surface area contributed by atoms with Gasteiger partial charge < -0.3 is 14.4 Å². The molecular formula is C23H29N3O3. The Morgan fingerprint density at radius 3 is 2.66 bits per heavy atom. The van der Waals surface area contributed by atoms with E-state index in [2.05, 4.69) is 11.9 Å². The summed E-state index contributed by atoms with van der Waals surface area (Å²) in [6.45, 7) is 8.44. The van der Waals surface area contributed by atoms with Crippen molar-refractivity contribution in [2.75, 3.05) is 18.2 Å². The van der Waals surface area contributed by atoms with Crippen LogP contribution in [0.25, 0.3) is 11.0 Å². The molecule has 1 N–H and O–H groups in total. The molecule has 1 heterocycles. The Bertz CT molecular complexity index is 994. The predicted molar refractivity (Wildman–Crippen MR) is 115 cm³/mol. The van der Waals surface area contributed by atoms with Gasteiger partial charge in [-0.05, 0) is 50.5 Å². The summed E-state index contributed by atoms with van der Waals surface area (Å²) in [7, 11) is 0. The van der Waals surface area contributed by atoms with E-state index >= 15 is 0 Å². The minimum absolute atomic E-state index is 0.0747. The molecule has 2 aromatic carbocycles. The molecule has 0 radical (unpaired) electrons. The zero-order valence-corrected chi connectivity index (χ0v) is 17.6. The molecule has 0 unspecified atom stereocenters. The number of hydrogen-bond donors (Lipinski definition) is 1. The van der Waals surface area contributed by atoms with Crippen LogP contribution >= 0.6 is 0 Å². The second-order valence-electron chi connectivity index (χ2n) is 7.10. The highest BCUT2D eigenvalue weighted by molar-refractivity contribution is 5.95. The van der Waals surface area contributed by atoms with Gasteiger partial charge in [0.25, 0.3) is 0 Å². The van der Waals surface area contributed by atoms with Crippen LogP contribution in [0.5, 0.6) is 0 Å². The number of carbonyl (C=O) groups is 1. The topological polar surface area (TPSA) is 67.6 Å². The van der Waals surface area contributed by atoms with Crippen LogP contribution in [0.4, 0.5) is 5.69 Å². The van der Waals surface area contributed by atoms with Crippen LogP contribution < -0.4 is 4.90 Å². The van der Waals surface area contributed by atoms with Gasteiger partial charge in [0.1, 0.15) is 25.2 Å². The molecule has 6 heteroatoms. The second-order valence-corrected chi connectivity index (χ2v) is 7.10. The first-order chi connectivity index (χ1) is 14.0. The number of nitrogens with zero attached hydrogens (tertiary/aromatic N) is 3. The lowest BCUT2D eigenvalue weighted by atomic mass is 10.0. The average molecular weight is 396 g/mol. The lowest BCUT2D eigenvalue weighted by molar-refractivity contribution is -0.120. The zero-order valence-electron chi connectivity index (χ0n) is 17.6. The van der Waals surface area contributed by atoms with E-state index < -0.39 is 6.10 Å². The molecule has 0 spiro atoms. The molecular weight excluding hydrogens is 366 g/mol. The molecule has 0 fully saturated rings.